The summed E-state index contributed by atoms with van der Waals surface area (Å²) in [6, 6.07) is 4.34. The fraction of sp³-hybridized carbons (Fsp3) is 0.467. The number of carbonyl (C=O) groups excluding carboxylic acids is 2. The van der Waals surface area contributed by atoms with Crippen LogP contribution in [0.15, 0.2) is 18.2 Å². The second kappa shape index (κ2) is 9.18. The van der Waals surface area contributed by atoms with Crippen molar-refractivity contribution in [2.75, 3.05) is 25.6 Å². The van der Waals surface area contributed by atoms with Gasteiger partial charge in [0.05, 0.1) is 31.6 Å². The van der Waals surface area contributed by atoms with Crippen LogP contribution in [0.3, 0.4) is 0 Å². The lowest BCUT2D eigenvalue weighted by Gasteiger charge is -2.23. The topological polar surface area (TPSA) is 90.9 Å². The third kappa shape index (κ3) is 5.05. The van der Waals surface area contributed by atoms with E-state index in [0.717, 1.165) is 0 Å². The Labute approximate surface area is 146 Å². The number of carbonyl (C=O) groups is 2. The zero-order valence-electron chi connectivity index (χ0n) is 14.0. The molecular formula is C15H21ClNO6P. The number of ether oxygens (including phenoxy) is 1. The second-order valence-corrected chi connectivity index (χ2v) is 7.53. The number of esters is 1. The Hall–Kier alpha value is -1.40. The fourth-order valence-corrected chi connectivity index (χ4v) is 3.67. The van der Waals surface area contributed by atoms with Gasteiger partial charge >= 0.3 is 13.6 Å². The van der Waals surface area contributed by atoms with Crippen molar-refractivity contribution in [3.63, 3.8) is 0 Å². The van der Waals surface area contributed by atoms with Gasteiger partial charge in [0.25, 0.3) is 0 Å². The highest BCUT2D eigenvalue weighted by atomic mass is 35.5. The second-order valence-electron chi connectivity index (χ2n) is 4.72. The molecular weight excluding hydrogens is 357 g/mol. The molecule has 0 saturated carbocycles. The van der Waals surface area contributed by atoms with Crippen molar-refractivity contribution >= 4 is 36.8 Å². The van der Waals surface area contributed by atoms with Crippen LogP contribution in [-0.4, -0.2) is 37.9 Å². The molecule has 7 nitrogen and oxygen atoms in total. The predicted octanol–water partition coefficient (Wildman–Crippen LogP) is 3.72. The maximum absolute atomic E-state index is 12.7. The van der Waals surface area contributed by atoms with E-state index in [2.05, 4.69) is 10.1 Å². The van der Waals surface area contributed by atoms with E-state index < -0.39 is 25.1 Å². The Morgan fingerprint density at radius 3 is 2.33 bits per heavy atom. The van der Waals surface area contributed by atoms with E-state index in [9.17, 15) is 14.2 Å². The number of halogens is 1. The molecule has 1 aromatic rings. The first-order chi connectivity index (χ1) is 11.3. The maximum Gasteiger partial charge on any atom is 0.342 e. The Balaban J connectivity index is 3.08. The largest absolute Gasteiger partial charge is 0.465 e. The number of benzene rings is 1. The smallest absolute Gasteiger partial charge is 0.342 e. The number of hydrogen-bond donors (Lipinski definition) is 1. The van der Waals surface area contributed by atoms with Crippen molar-refractivity contribution < 1.29 is 27.9 Å². The number of amides is 1. The first-order valence-electron chi connectivity index (χ1n) is 7.36. The van der Waals surface area contributed by atoms with Crippen LogP contribution in [-0.2, 0) is 23.1 Å². The van der Waals surface area contributed by atoms with Crippen LogP contribution in [0, 0.1) is 0 Å². The minimum atomic E-state index is -3.62. The molecule has 1 aromatic carbocycles. The summed E-state index contributed by atoms with van der Waals surface area (Å²) >= 11 is 5.91. The van der Waals surface area contributed by atoms with Gasteiger partial charge in [-0.2, -0.15) is 0 Å². The Morgan fingerprint density at radius 2 is 1.83 bits per heavy atom. The summed E-state index contributed by atoms with van der Waals surface area (Å²) in [7, 11) is -2.40. The van der Waals surface area contributed by atoms with E-state index in [1.54, 1.807) is 13.8 Å². The van der Waals surface area contributed by atoms with Crippen LogP contribution >= 0.6 is 19.2 Å². The summed E-state index contributed by atoms with van der Waals surface area (Å²) in [5, 5.41) is 2.86. The number of anilines is 1. The minimum Gasteiger partial charge on any atom is -0.465 e. The summed E-state index contributed by atoms with van der Waals surface area (Å²) < 4.78 is 27.7. The van der Waals surface area contributed by atoms with Crippen molar-refractivity contribution in [3.8, 4) is 0 Å². The highest BCUT2D eigenvalue weighted by Gasteiger charge is 2.37. The van der Waals surface area contributed by atoms with Gasteiger partial charge in [0.2, 0.25) is 5.91 Å². The summed E-state index contributed by atoms with van der Waals surface area (Å²) in [6.07, 6.45) is 0. The predicted molar refractivity (Wildman–Crippen MR) is 91.7 cm³/mol. The van der Waals surface area contributed by atoms with Crippen LogP contribution in [0.25, 0.3) is 0 Å². The SMILES string of the molecule is CCOP(=O)(OCC)C(C)C(=O)Nc1cc(Cl)ccc1C(=O)OC. The third-order valence-corrected chi connectivity index (χ3v) is 5.77. The summed E-state index contributed by atoms with van der Waals surface area (Å²) in [6.45, 7) is 5.02. The van der Waals surface area contributed by atoms with E-state index in [1.807, 2.05) is 0 Å². The normalized spacial score (nSPS) is 12.5. The van der Waals surface area contributed by atoms with E-state index >= 15 is 0 Å². The number of rotatable bonds is 8. The third-order valence-electron chi connectivity index (χ3n) is 3.12. The van der Waals surface area contributed by atoms with Gasteiger partial charge in [-0.05, 0) is 39.0 Å². The molecule has 0 bridgehead atoms. The molecule has 0 aliphatic heterocycles. The maximum atomic E-state index is 12.7. The number of hydrogen-bond acceptors (Lipinski definition) is 6. The monoisotopic (exact) mass is 377 g/mol. The fourth-order valence-electron chi connectivity index (χ4n) is 1.91. The lowest BCUT2D eigenvalue weighted by atomic mass is 10.1. The van der Waals surface area contributed by atoms with E-state index in [4.69, 9.17) is 20.6 Å². The molecule has 0 aliphatic rings. The lowest BCUT2D eigenvalue weighted by Crippen LogP contribution is -2.28. The molecule has 0 aromatic heterocycles. The Morgan fingerprint density at radius 1 is 1.25 bits per heavy atom. The lowest BCUT2D eigenvalue weighted by molar-refractivity contribution is -0.116. The van der Waals surface area contributed by atoms with Crippen molar-refractivity contribution in [2.45, 2.75) is 26.4 Å². The van der Waals surface area contributed by atoms with Gasteiger partial charge in [-0.3, -0.25) is 9.36 Å². The Bertz CT molecular complexity index is 641. The van der Waals surface area contributed by atoms with Crippen LogP contribution in [0.1, 0.15) is 31.1 Å². The summed E-state index contributed by atoms with van der Waals surface area (Å²) in [4.78, 5) is 24.2. The van der Waals surface area contributed by atoms with Crippen molar-refractivity contribution in [3.05, 3.63) is 28.8 Å². The van der Waals surface area contributed by atoms with Gasteiger partial charge in [0.15, 0.2) is 0 Å². The average molecular weight is 378 g/mol. The molecule has 0 saturated heterocycles. The van der Waals surface area contributed by atoms with Crippen molar-refractivity contribution in [2.24, 2.45) is 0 Å². The minimum absolute atomic E-state index is 0.130. The molecule has 1 N–H and O–H groups in total. The summed E-state index contributed by atoms with van der Waals surface area (Å²) in [5.41, 5.74) is -0.780. The van der Waals surface area contributed by atoms with E-state index in [1.165, 1.54) is 32.2 Å². The van der Waals surface area contributed by atoms with Crippen LogP contribution in [0.4, 0.5) is 5.69 Å². The first-order valence-corrected chi connectivity index (χ1v) is 9.35. The van der Waals surface area contributed by atoms with Crippen LogP contribution < -0.4 is 5.32 Å². The first kappa shape index (κ1) is 20.6. The molecule has 9 heteroatoms. The molecule has 1 unspecified atom stereocenters. The molecule has 134 valence electrons. The molecule has 0 heterocycles. The van der Waals surface area contributed by atoms with Gasteiger partial charge in [-0.1, -0.05) is 11.6 Å². The molecule has 1 atom stereocenters. The highest BCUT2D eigenvalue weighted by Crippen LogP contribution is 2.53. The molecule has 0 radical (unpaired) electrons. The highest BCUT2D eigenvalue weighted by molar-refractivity contribution is 7.55. The molecule has 1 rings (SSSR count). The van der Waals surface area contributed by atoms with E-state index in [0.29, 0.717) is 5.02 Å². The molecule has 0 fully saturated rings. The van der Waals surface area contributed by atoms with Crippen LogP contribution in [0.5, 0.6) is 0 Å². The van der Waals surface area contributed by atoms with Crippen molar-refractivity contribution in [1.29, 1.82) is 0 Å². The van der Waals surface area contributed by atoms with Gasteiger partial charge in [0.1, 0.15) is 5.66 Å². The average Bonchev–Trinajstić information content (AvgIpc) is 2.54. The van der Waals surface area contributed by atoms with Gasteiger partial charge in [-0.25, -0.2) is 4.79 Å². The zero-order chi connectivity index (χ0) is 18.3. The quantitative estimate of drug-likeness (QED) is 0.548. The Kier molecular flexibility index (Phi) is 7.90. The molecule has 24 heavy (non-hydrogen) atoms. The van der Waals surface area contributed by atoms with Crippen LogP contribution in [0.2, 0.25) is 5.02 Å². The summed E-state index contributed by atoms with van der Waals surface area (Å²) in [5.74, 6) is -1.25. The van der Waals surface area contributed by atoms with Gasteiger partial charge in [-0.15, -0.1) is 0 Å². The molecule has 1 amide bonds. The van der Waals surface area contributed by atoms with E-state index in [-0.39, 0.29) is 24.5 Å². The van der Waals surface area contributed by atoms with Crippen molar-refractivity contribution in [1.82, 2.24) is 0 Å². The van der Waals surface area contributed by atoms with Gasteiger partial charge < -0.3 is 19.1 Å². The number of methoxy groups -OCH3 is 1. The zero-order valence-corrected chi connectivity index (χ0v) is 15.6. The standard InChI is InChI=1S/C15H21ClNO6P/c1-5-22-24(20,23-6-2)10(3)14(18)17-13-9-11(16)7-8-12(13)15(19)21-4/h7-10H,5-6H2,1-4H3,(H,17,18). The van der Waals surface area contributed by atoms with Gasteiger partial charge in [0, 0.05) is 5.02 Å². The molecule has 0 spiro atoms. The molecule has 0 aliphatic carbocycles. The number of nitrogens with one attached hydrogen (secondary N) is 1.